The van der Waals surface area contributed by atoms with Gasteiger partial charge in [0.15, 0.2) is 0 Å². The fourth-order valence-electron chi connectivity index (χ4n) is 6.23. The summed E-state index contributed by atoms with van der Waals surface area (Å²) in [5.41, 5.74) is 5.39. The largest absolute Gasteiger partial charge is 0.397 e. The number of nitrogens with zero attached hydrogens (tertiary/aromatic N) is 4. The van der Waals surface area contributed by atoms with Crippen LogP contribution in [0.2, 0.25) is 5.15 Å². The third-order valence-corrected chi connectivity index (χ3v) is 9.48. The Morgan fingerprint density at radius 1 is 1.02 bits per heavy atom. The van der Waals surface area contributed by atoms with E-state index in [0.29, 0.717) is 51.8 Å². The Hall–Kier alpha value is -3.89. The highest BCUT2D eigenvalue weighted by Crippen LogP contribution is 2.43. The molecule has 230 valence electrons. The second-order valence-electron chi connectivity index (χ2n) is 12.3. The zero-order valence-electron chi connectivity index (χ0n) is 24.6. The molecule has 3 atom stereocenters. The molecule has 44 heavy (non-hydrogen) atoms. The number of hydrogen-bond acceptors (Lipinski definition) is 5. The zero-order chi connectivity index (χ0) is 31.6. The Labute approximate surface area is 258 Å². The Bertz CT molecular complexity index is 1780. The van der Waals surface area contributed by atoms with E-state index < -0.39 is 17.2 Å². The van der Waals surface area contributed by atoms with E-state index in [4.69, 9.17) is 22.3 Å². The molecule has 0 aliphatic carbocycles. The predicted molar refractivity (Wildman–Crippen MR) is 163 cm³/mol. The van der Waals surface area contributed by atoms with Crippen LogP contribution in [0, 0.1) is 0 Å². The van der Waals surface area contributed by atoms with Gasteiger partial charge in [-0.1, -0.05) is 72.3 Å². The number of halogens is 4. The molecule has 2 aromatic carbocycles. The normalized spacial score (nSPS) is 20.5. The predicted octanol–water partition coefficient (Wildman–Crippen LogP) is 6.76. The van der Waals surface area contributed by atoms with E-state index in [1.165, 1.54) is 24.4 Å². The lowest BCUT2D eigenvalue weighted by Crippen LogP contribution is -2.47. The van der Waals surface area contributed by atoms with Crippen molar-refractivity contribution in [2.45, 2.75) is 69.2 Å². The number of benzene rings is 2. The highest BCUT2D eigenvalue weighted by Gasteiger charge is 2.48. The van der Waals surface area contributed by atoms with Crippen molar-refractivity contribution in [2.75, 3.05) is 12.3 Å². The second kappa shape index (κ2) is 10.6. The highest BCUT2D eigenvalue weighted by molar-refractivity contribution is 6.30. The minimum atomic E-state index is -4.45. The Kier molecular flexibility index (Phi) is 7.28. The van der Waals surface area contributed by atoms with Crippen molar-refractivity contribution < 1.29 is 23.1 Å². The summed E-state index contributed by atoms with van der Waals surface area (Å²) in [5, 5.41) is 11.9. The molecule has 4 heterocycles. The average molecular weight is 624 g/mol. The number of carbonyl (C=O) groups excluding carboxylic acids is 1. The third-order valence-electron chi connectivity index (χ3n) is 9.21. The summed E-state index contributed by atoms with van der Waals surface area (Å²) in [6.07, 6.45) is 3.04. The van der Waals surface area contributed by atoms with E-state index >= 15 is 0 Å². The van der Waals surface area contributed by atoms with Gasteiger partial charge < -0.3 is 15.7 Å². The molecule has 1 fully saturated rings. The van der Waals surface area contributed by atoms with Crippen molar-refractivity contribution in [3.8, 4) is 11.3 Å². The van der Waals surface area contributed by atoms with Crippen LogP contribution in [0.3, 0.4) is 0 Å². The molecule has 0 unspecified atom stereocenters. The minimum Gasteiger partial charge on any atom is -0.382 e. The molecule has 7 nitrogen and oxygen atoms in total. The summed E-state index contributed by atoms with van der Waals surface area (Å²) in [6, 6.07) is 13.1. The molecule has 11 heteroatoms. The number of aromatic nitrogens is 3. The number of alkyl halides is 3. The number of nitrogens with two attached hydrogens (primary N) is 1. The summed E-state index contributed by atoms with van der Waals surface area (Å²) in [5.74, 6) is 0.949. The minimum absolute atomic E-state index is 0.0626. The third kappa shape index (κ3) is 4.94. The Balaban J connectivity index is 1.37. The van der Waals surface area contributed by atoms with Crippen LogP contribution in [0.1, 0.15) is 68.5 Å². The summed E-state index contributed by atoms with van der Waals surface area (Å²) in [7, 11) is 0. The molecule has 2 aliphatic heterocycles. The molecule has 1 saturated heterocycles. The number of fused-ring (bicyclic) bond motifs is 2. The average Bonchev–Trinajstić information content (AvgIpc) is 3.41. The molecule has 6 rings (SSSR count). The number of hydrogen-bond donors (Lipinski definition) is 2. The van der Waals surface area contributed by atoms with E-state index in [1.54, 1.807) is 41.7 Å². The van der Waals surface area contributed by atoms with Crippen molar-refractivity contribution in [2.24, 2.45) is 0 Å². The molecular formula is C33H33ClF3N5O2. The van der Waals surface area contributed by atoms with Crippen molar-refractivity contribution in [3.05, 3.63) is 94.5 Å². The van der Waals surface area contributed by atoms with Crippen LogP contribution in [0.25, 0.3) is 16.8 Å². The van der Waals surface area contributed by atoms with Gasteiger partial charge in [-0.25, -0.2) is 9.97 Å². The van der Waals surface area contributed by atoms with Crippen LogP contribution in [0.15, 0.2) is 66.9 Å². The van der Waals surface area contributed by atoms with Crippen molar-refractivity contribution in [3.63, 3.8) is 0 Å². The van der Waals surface area contributed by atoms with E-state index in [1.807, 2.05) is 11.0 Å². The number of anilines is 1. The van der Waals surface area contributed by atoms with Crippen LogP contribution < -0.4 is 5.73 Å². The summed E-state index contributed by atoms with van der Waals surface area (Å²) < 4.78 is 43.0. The quantitative estimate of drug-likeness (QED) is 0.239. The first-order valence-corrected chi connectivity index (χ1v) is 14.9. The topological polar surface area (TPSA) is 96.8 Å². The first kappa shape index (κ1) is 30.1. The van der Waals surface area contributed by atoms with Gasteiger partial charge in [0.2, 0.25) is 5.91 Å². The van der Waals surface area contributed by atoms with E-state index in [9.17, 15) is 23.1 Å². The lowest BCUT2D eigenvalue weighted by molar-refractivity contribution is -0.180. The van der Waals surface area contributed by atoms with E-state index in [-0.39, 0.29) is 29.2 Å². The number of amides is 1. The number of carbonyl (C=O) groups is 1. The molecule has 0 bridgehead atoms. The molecular weight excluding hydrogens is 591 g/mol. The first-order chi connectivity index (χ1) is 20.7. The van der Waals surface area contributed by atoms with Gasteiger partial charge in [-0.2, -0.15) is 13.2 Å². The molecule has 0 spiro atoms. The van der Waals surface area contributed by atoms with Crippen molar-refractivity contribution in [1.29, 1.82) is 0 Å². The van der Waals surface area contributed by atoms with Crippen LogP contribution >= 0.6 is 11.6 Å². The number of imidazole rings is 1. The molecule has 3 N–H and O–H groups in total. The fourth-order valence-corrected chi connectivity index (χ4v) is 6.45. The van der Waals surface area contributed by atoms with Gasteiger partial charge in [0.05, 0.1) is 17.7 Å². The standard InChI is InChI=1S/C33H33ClF3N5O2/c1-31(2,33(35,36)37)22-6-4-7-23(16-22)32(3,44)21-13-10-19(11-14-21)27-28-29(38)39-17-25(34)42(28)30(40-27)20-12-15-24-8-5-9-26(43)41(24)18-20/h4-8,10-11,13-14,16-17,20,24,44H,9,12,15,18H2,1-3H3,(H2,38,39)/t20-,24-,32-/m1/s1. The van der Waals surface area contributed by atoms with E-state index in [2.05, 4.69) is 11.1 Å². The smallest absolute Gasteiger partial charge is 0.382 e. The number of aliphatic hydroxyl groups is 1. The molecule has 0 radical (unpaired) electrons. The summed E-state index contributed by atoms with van der Waals surface area (Å²) in [4.78, 5) is 23.8. The number of rotatable bonds is 5. The maximum atomic E-state index is 13.7. The van der Waals surface area contributed by atoms with E-state index in [0.717, 1.165) is 26.7 Å². The van der Waals surface area contributed by atoms with Gasteiger partial charge in [0, 0.05) is 24.4 Å². The number of nitrogen functional groups attached to an aromatic ring is 1. The summed E-state index contributed by atoms with van der Waals surface area (Å²) in [6.45, 7) is 4.32. The maximum Gasteiger partial charge on any atom is 0.397 e. The van der Waals surface area contributed by atoms with Crippen LogP contribution in [0.4, 0.5) is 19.0 Å². The van der Waals surface area contributed by atoms with Gasteiger partial charge >= 0.3 is 6.18 Å². The van der Waals surface area contributed by atoms with Crippen LogP contribution in [0.5, 0.6) is 0 Å². The SMILES string of the molecule is CC(C)(c1cccc([C@](C)(O)c2ccc(-c3nc([C@@H]4CC[C@H]5C=CCC(=O)N5C4)n4c(Cl)cnc(N)c34)cc2)c1)C(F)(F)F. The Morgan fingerprint density at radius 3 is 2.43 bits per heavy atom. The Morgan fingerprint density at radius 2 is 1.73 bits per heavy atom. The lowest BCUT2D eigenvalue weighted by atomic mass is 9.80. The van der Waals surface area contributed by atoms with Gasteiger partial charge in [-0.3, -0.25) is 9.20 Å². The maximum absolute atomic E-state index is 13.7. The monoisotopic (exact) mass is 623 g/mol. The van der Waals surface area contributed by atoms with Crippen molar-refractivity contribution >= 4 is 28.8 Å². The molecule has 1 amide bonds. The van der Waals surface area contributed by atoms with Crippen LogP contribution in [-0.4, -0.2) is 49.0 Å². The lowest BCUT2D eigenvalue weighted by Gasteiger charge is -2.39. The summed E-state index contributed by atoms with van der Waals surface area (Å²) >= 11 is 6.66. The highest BCUT2D eigenvalue weighted by atomic mass is 35.5. The van der Waals surface area contributed by atoms with Crippen molar-refractivity contribution in [1.82, 2.24) is 19.3 Å². The second-order valence-corrected chi connectivity index (χ2v) is 12.7. The van der Waals surface area contributed by atoms with Gasteiger partial charge in [-0.05, 0) is 50.3 Å². The van der Waals surface area contributed by atoms with Gasteiger partial charge in [-0.15, -0.1) is 0 Å². The molecule has 2 aliphatic rings. The zero-order valence-corrected chi connectivity index (χ0v) is 25.3. The molecule has 0 saturated carbocycles. The van der Waals surface area contributed by atoms with Gasteiger partial charge in [0.25, 0.3) is 0 Å². The number of piperidine rings is 1. The van der Waals surface area contributed by atoms with Crippen LogP contribution in [-0.2, 0) is 15.8 Å². The molecule has 2 aromatic heterocycles. The molecule has 4 aromatic rings. The first-order valence-electron chi connectivity index (χ1n) is 14.5. The fraction of sp³-hybridized carbons (Fsp3) is 0.364. The van der Waals surface area contributed by atoms with Gasteiger partial charge in [0.1, 0.15) is 33.6 Å².